The third-order valence-corrected chi connectivity index (χ3v) is 1.27. The van der Waals surface area contributed by atoms with Crippen molar-refractivity contribution < 1.29 is 0 Å². The van der Waals surface area contributed by atoms with E-state index in [2.05, 4.69) is 24.0 Å². The van der Waals surface area contributed by atoms with Crippen LogP contribution in [0.5, 0.6) is 0 Å². The molecule has 0 radical (unpaired) electrons. The van der Waals surface area contributed by atoms with Crippen LogP contribution in [0.1, 0.15) is 19.3 Å². The minimum absolute atomic E-state index is 0.980. The van der Waals surface area contributed by atoms with Crippen LogP contribution in [0.25, 0.3) is 0 Å². The van der Waals surface area contributed by atoms with Gasteiger partial charge in [0, 0.05) is 6.54 Å². The quantitative estimate of drug-likeness (QED) is 0.439. The highest BCUT2D eigenvalue weighted by Crippen LogP contribution is 1.95. The Kier molecular flexibility index (Phi) is 7.97. The Hall–Kier alpha value is -0.560. The van der Waals surface area contributed by atoms with Crippen LogP contribution in [0.2, 0.25) is 0 Å². The van der Waals surface area contributed by atoms with E-state index in [0.717, 1.165) is 13.0 Å². The van der Waals surface area contributed by atoms with Gasteiger partial charge >= 0.3 is 0 Å². The number of unbranched alkanes of at least 4 members (excludes halogenated alkanes) is 2. The highest BCUT2D eigenvalue weighted by molar-refractivity contribution is 4.83. The molecule has 0 amide bonds. The van der Waals surface area contributed by atoms with Crippen LogP contribution in [0.15, 0.2) is 24.8 Å². The molecule has 0 aliphatic carbocycles. The van der Waals surface area contributed by atoms with Gasteiger partial charge in [-0.3, -0.25) is 0 Å². The molecule has 1 heteroatoms. The molecule has 0 bridgehead atoms. The van der Waals surface area contributed by atoms with Crippen molar-refractivity contribution in [2.24, 2.45) is 0 Å². The van der Waals surface area contributed by atoms with E-state index in [-0.39, 0.29) is 0 Å². The summed E-state index contributed by atoms with van der Waals surface area (Å²) in [6, 6.07) is 0. The number of nitrogens with one attached hydrogen (secondary N) is 1. The van der Waals surface area contributed by atoms with Crippen molar-refractivity contribution in [2.45, 2.75) is 19.3 Å². The molecule has 0 aliphatic heterocycles. The molecule has 1 N–H and O–H groups in total. The highest BCUT2D eigenvalue weighted by Gasteiger charge is 1.77. The first kappa shape index (κ1) is 9.44. The van der Waals surface area contributed by atoms with Crippen LogP contribution in [0.3, 0.4) is 0 Å². The molecule has 0 aromatic rings. The molecule has 0 rings (SSSR count). The summed E-state index contributed by atoms with van der Waals surface area (Å²) in [5, 5.41) is 3.05. The maximum absolute atomic E-state index is 3.66. The Morgan fingerprint density at radius 2 is 2.10 bits per heavy atom. The lowest BCUT2D eigenvalue weighted by molar-refractivity contribution is 0.857. The average Bonchev–Trinajstić information content (AvgIpc) is 1.97. The van der Waals surface area contributed by atoms with Gasteiger partial charge in [0.2, 0.25) is 0 Å². The van der Waals surface area contributed by atoms with Gasteiger partial charge in [-0.05, 0) is 26.3 Å². The summed E-state index contributed by atoms with van der Waals surface area (Å²) in [6.07, 6.45) is 9.86. The molecule has 10 heavy (non-hydrogen) atoms. The Bertz CT molecular complexity index is 94.9. The van der Waals surface area contributed by atoms with Crippen LogP contribution in [-0.4, -0.2) is 13.6 Å². The molecule has 0 saturated heterocycles. The van der Waals surface area contributed by atoms with Crippen molar-refractivity contribution in [2.75, 3.05) is 13.6 Å². The second kappa shape index (κ2) is 8.44. The molecule has 0 aliphatic rings. The van der Waals surface area contributed by atoms with Gasteiger partial charge in [0.1, 0.15) is 0 Å². The van der Waals surface area contributed by atoms with Gasteiger partial charge in [0.25, 0.3) is 0 Å². The topological polar surface area (TPSA) is 12.0 Å². The smallest absolute Gasteiger partial charge is 0.0131 e. The maximum atomic E-state index is 3.66. The predicted octanol–water partition coefficient (Wildman–Crippen LogP) is 2.12. The zero-order valence-corrected chi connectivity index (χ0v) is 6.77. The third kappa shape index (κ3) is 7.44. The first-order valence-corrected chi connectivity index (χ1v) is 3.82. The Balaban J connectivity index is 2.94. The van der Waals surface area contributed by atoms with Crippen molar-refractivity contribution >= 4 is 0 Å². The maximum Gasteiger partial charge on any atom is 0.0131 e. The molecule has 0 heterocycles. The molecule has 1 nitrogen and oxygen atoms in total. The predicted molar refractivity (Wildman–Crippen MR) is 47.1 cm³/mol. The zero-order valence-electron chi connectivity index (χ0n) is 6.77. The van der Waals surface area contributed by atoms with Gasteiger partial charge < -0.3 is 5.32 Å². The lowest BCUT2D eigenvalue weighted by Gasteiger charge is -1.89. The van der Waals surface area contributed by atoms with E-state index in [0.29, 0.717) is 0 Å². The van der Waals surface area contributed by atoms with Crippen molar-refractivity contribution in [3.05, 3.63) is 24.8 Å². The van der Waals surface area contributed by atoms with Gasteiger partial charge in [0.15, 0.2) is 0 Å². The molecule has 0 unspecified atom stereocenters. The summed E-state index contributed by atoms with van der Waals surface area (Å²) in [6.45, 7) is 4.64. The molecule has 0 atom stereocenters. The minimum atomic E-state index is 0.980. The molecular weight excluding hydrogens is 122 g/mol. The summed E-state index contributed by atoms with van der Waals surface area (Å²) in [5.41, 5.74) is 0. The zero-order chi connectivity index (χ0) is 7.66. The molecule has 0 saturated carbocycles. The summed E-state index contributed by atoms with van der Waals surface area (Å²) in [7, 11) is 1.95. The van der Waals surface area contributed by atoms with E-state index in [1.165, 1.54) is 12.8 Å². The average molecular weight is 139 g/mol. The second-order valence-electron chi connectivity index (χ2n) is 2.25. The highest BCUT2D eigenvalue weighted by atomic mass is 14.8. The van der Waals surface area contributed by atoms with Crippen molar-refractivity contribution in [3.8, 4) is 0 Å². The van der Waals surface area contributed by atoms with E-state index >= 15 is 0 Å². The van der Waals surface area contributed by atoms with Crippen LogP contribution in [-0.2, 0) is 0 Å². The van der Waals surface area contributed by atoms with E-state index < -0.39 is 0 Å². The summed E-state index contributed by atoms with van der Waals surface area (Å²) >= 11 is 0. The fourth-order valence-corrected chi connectivity index (χ4v) is 0.699. The third-order valence-electron chi connectivity index (χ3n) is 1.27. The number of hydrogen-bond donors (Lipinski definition) is 1. The SMILES string of the molecule is C=CCCCC=CCNC. The Labute approximate surface area is 63.8 Å². The van der Waals surface area contributed by atoms with Crippen LogP contribution in [0, 0.1) is 0 Å². The molecule has 58 valence electrons. The van der Waals surface area contributed by atoms with Gasteiger partial charge in [-0.1, -0.05) is 18.2 Å². The van der Waals surface area contributed by atoms with Crippen molar-refractivity contribution in [1.82, 2.24) is 5.32 Å². The lowest BCUT2D eigenvalue weighted by atomic mass is 10.2. The fraction of sp³-hybridized carbons (Fsp3) is 0.556. The molecular formula is C9H17N. The molecule has 0 spiro atoms. The first-order chi connectivity index (χ1) is 4.91. The second-order valence-corrected chi connectivity index (χ2v) is 2.25. The monoisotopic (exact) mass is 139 g/mol. The Morgan fingerprint density at radius 3 is 2.70 bits per heavy atom. The van der Waals surface area contributed by atoms with Crippen LogP contribution in [0.4, 0.5) is 0 Å². The number of hydrogen-bond acceptors (Lipinski definition) is 1. The fourth-order valence-electron chi connectivity index (χ4n) is 0.699. The van der Waals surface area contributed by atoms with Crippen molar-refractivity contribution in [3.63, 3.8) is 0 Å². The van der Waals surface area contributed by atoms with Crippen LogP contribution < -0.4 is 5.32 Å². The standard InChI is InChI=1S/C9H17N/c1-3-4-5-6-7-8-9-10-2/h3,7-8,10H,1,4-6,9H2,2H3. The van der Waals surface area contributed by atoms with Gasteiger partial charge in [-0.15, -0.1) is 6.58 Å². The molecule has 0 fully saturated rings. The molecule has 0 aromatic carbocycles. The van der Waals surface area contributed by atoms with Gasteiger partial charge in [-0.25, -0.2) is 0 Å². The molecule has 0 aromatic heterocycles. The van der Waals surface area contributed by atoms with Gasteiger partial charge in [0.05, 0.1) is 0 Å². The largest absolute Gasteiger partial charge is 0.316 e. The van der Waals surface area contributed by atoms with E-state index in [1.54, 1.807) is 0 Å². The number of likely N-dealkylation sites (N-methyl/N-ethyl adjacent to an activating group) is 1. The van der Waals surface area contributed by atoms with Crippen LogP contribution >= 0.6 is 0 Å². The lowest BCUT2D eigenvalue weighted by Crippen LogP contribution is -2.03. The summed E-state index contributed by atoms with van der Waals surface area (Å²) < 4.78 is 0. The van der Waals surface area contributed by atoms with E-state index in [9.17, 15) is 0 Å². The summed E-state index contributed by atoms with van der Waals surface area (Å²) in [5.74, 6) is 0. The van der Waals surface area contributed by atoms with Crippen molar-refractivity contribution in [1.29, 1.82) is 0 Å². The van der Waals surface area contributed by atoms with Gasteiger partial charge in [-0.2, -0.15) is 0 Å². The normalized spacial score (nSPS) is 10.5. The first-order valence-electron chi connectivity index (χ1n) is 3.82. The van der Waals surface area contributed by atoms with E-state index in [1.807, 2.05) is 13.1 Å². The Morgan fingerprint density at radius 1 is 1.30 bits per heavy atom. The van der Waals surface area contributed by atoms with E-state index in [4.69, 9.17) is 0 Å². The number of allylic oxidation sites excluding steroid dienone is 2. The summed E-state index contributed by atoms with van der Waals surface area (Å²) in [4.78, 5) is 0. The number of rotatable bonds is 6. The minimum Gasteiger partial charge on any atom is -0.316 e.